The number of hydrogen-bond acceptors (Lipinski definition) is 4. The first-order valence-corrected chi connectivity index (χ1v) is 7.63. The summed E-state index contributed by atoms with van der Waals surface area (Å²) in [7, 11) is 0. The van der Waals surface area contributed by atoms with Crippen molar-refractivity contribution in [2.75, 3.05) is 19.8 Å². The summed E-state index contributed by atoms with van der Waals surface area (Å²) in [6, 6.07) is 0. The molecule has 20 heavy (non-hydrogen) atoms. The molecule has 2 fully saturated rings. The van der Waals surface area contributed by atoms with Gasteiger partial charge in [-0.1, -0.05) is 13.8 Å². The molecular weight excluding hydrogens is 256 g/mol. The van der Waals surface area contributed by atoms with Gasteiger partial charge in [0.25, 0.3) is 0 Å². The van der Waals surface area contributed by atoms with E-state index >= 15 is 0 Å². The molecule has 1 saturated carbocycles. The number of carbonyl (C=O) groups excluding carboxylic acids is 1. The minimum Gasteiger partial charge on any atom is -0.378 e. The number of nitrogens with one attached hydrogen (secondary N) is 1. The highest BCUT2D eigenvalue weighted by Crippen LogP contribution is 2.49. The first-order valence-electron chi connectivity index (χ1n) is 7.63. The minimum absolute atomic E-state index is 0.0578. The maximum atomic E-state index is 12.4. The van der Waals surface area contributed by atoms with Gasteiger partial charge in [-0.3, -0.25) is 4.79 Å². The lowest BCUT2D eigenvalue weighted by Crippen LogP contribution is -2.76. The molecule has 0 aromatic carbocycles. The van der Waals surface area contributed by atoms with Crippen molar-refractivity contribution in [3.8, 4) is 0 Å². The van der Waals surface area contributed by atoms with Gasteiger partial charge in [-0.15, -0.1) is 0 Å². The molecular formula is C15H28N2O3. The molecule has 0 bridgehead atoms. The predicted molar refractivity (Wildman–Crippen MR) is 77.3 cm³/mol. The highest BCUT2D eigenvalue weighted by Gasteiger charge is 2.62. The summed E-state index contributed by atoms with van der Waals surface area (Å²) < 4.78 is 11.2. The van der Waals surface area contributed by atoms with Gasteiger partial charge in [0.1, 0.15) is 5.54 Å². The molecule has 1 saturated heterocycles. The summed E-state index contributed by atoms with van der Waals surface area (Å²) in [5.74, 6) is 0.339. The molecule has 0 aromatic rings. The molecule has 2 rings (SSSR count). The third-order valence-corrected chi connectivity index (χ3v) is 5.29. The molecule has 3 N–H and O–H groups in total. The van der Waals surface area contributed by atoms with E-state index in [1.807, 2.05) is 20.8 Å². The Morgan fingerprint density at radius 2 is 2.20 bits per heavy atom. The Labute approximate surface area is 121 Å². The normalized spacial score (nSPS) is 39.4. The van der Waals surface area contributed by atoms with Gasteiger partial charge in [0, 0.05) is 37.5 Å². The van der Waals surface area contributed by atoms with Gasteiger partial charge in [-0.25, -0.2) is 0 Å². The molecule has 4 unspecified atom stereocenters. The van der Waals surface area contributed by atoms with Crippen LogP contribution in [0.15, 0.2) is 0 Å². The zero-order chi connectivity index (χ0) is 15.0. The Bertz CT molecular complexity index is 372. The minimum atomic E-state index is -0.824. The van der Waals surface area contributed by atoms with E-state index in [9.17, 15) is 4.79 Å². The molecule has 4 atom stereocenters. The van der Waals surface area contributed by atoms with Crippen molar-refractivity contribution in [2.45, 2.75) is 58.3 Å². The van der Waals surface area contributed by atoms with Gasteiger partial charge < -0.3 is 20.5 Å². The van der Waals surface area contributed by atoms with E-state index < -0.39 is 5.54 Å². The van der Waals surface area contributed by atoms with Crippen LogP contribution in [0.1, 0.15) is 40.5 Å². The van der Waals surface area contributed by atoms with E-state index in [-0.39, 0.29) is 23.5 Å². The summed E-state index contributed by atoms with van der Waals surface area (Å²) in [4.78, 5) is 12.4. The second-order valence-corrected chi connectivity index (χ2v) is 6.68. The fourth-order valence-electron chi connectivity index (χ4n) is 3.25. The fraction of sp³-hybridized carbons (Fsp3) is 0.933. The molecule has 1 amide bonds. The van der Waals surface area contributed by atoms with Crippen LogP contribution in [0.3, 0.4) is 0 Å². The maximum absolute atomic E-state index is 12.4. The van der Waals surface area contributed by atoms with E-state index in [1.54, 1.807) is 0 Å². The first kappa shape index (κ1) is 15.7. The average molecular weight is 284 g/mol. The monoisotopic (exact) mass is 284 g/mol. The number of hydrogen-bond donors (Lipinski definition) is 2. The second-order valence-electron chi connectivity index (χ2n) is 6.68. The highest BCUT2D eigenvalue weighted by atomic mass is 16.5. The van der Waals surface area contributed by atoms with Crippen molar-refractivity contribution in [3.05, 3.63) is 0 Å². The molecule has 1 heterocycles. The Morgan fingerprint density at radius 3 is 2.70 bits per heavy atom. The number of carbonyl (C=O) groups is 1. The van der Waals surface area contributed by atoms with E-state index in [0.717, 1.165) is 13.0 Å². The van der Waals surface area contributed by atoms with Gasteiger partial charge in [0.15, 0.2) is 0 Å². The molecule has 1 aliphatic carbocycles. The van der Waals surface area contributed by atoms with Crippen molar-refractivity contribution in [3.63, 3.8) is 0 Å². The highest BCUT2D eigenvalue weighted by molar-refractivity contribution is 5.88. The first-order chi connectivity index (χ1) is 9.33. The predicted octanol–water partition coefficient (Wildman–Crippen LogP) is 1.06. The van der Waals surface area contributed by atoms with Gasteiger partial charge >= 0.3 is 0 Å². The summed E-state index contributed by atoms with van der Waals surface area (Å²) >= 11 is 0. The summed E-state index contributed by atoms with van der Waals surface area (Å²) in [5, 5.41) is 3.02. The van der Waals surface area contributed by atoms with Gasteiger partial charge in [-0.2, -0.15) is 0 Å². The van der Waals surface area contributed by atoms with Crippen molar-refractivity contribution >= 4 is 5.91 Å². The van der Waals surface area contributed by atoms with E-state index in [2.05, 4.69) is 12.2 Å². The average Bonchev–Trinajstić information content (AvgIpc) is 2.81. The topological polar surface area (TPSA) is 73.6 Å². The molecule has 1 aliphatic heterocycles. The Morgan fingerprint density at radius 1 is 1.50 bits per heavy atom. The zero-order valence-corrected chi connectivity index (χ0v) is 13.1. The van der Waals surface area contributed by atoms with Gasteiger partial charge in [0.2, 0.25) is 5.91 Å². The smallest absolute Gasteiger partial charge is 0.240 e. The van der Waals surface area contributed by atoms with Crippen LogP contribution < -0.4 is 11.1 Å². The van der Waals surface area contributed by atoms with Crippen molar-refractivity contribution < 1.29 is 14.3 Å². The quantitative estimate of drug-likeness (QED) is 0.792. The number of ether oxygens (including phenoxy) is 2. The summed E-state index contributed by atoms with van der Waals surface area (Å²) in [5.41, 5.74) is 5.19. The Kier molecular flexibility index (Phi) is 4.42. The maximum Gasteiger partial charge on any atom is 0.240 e. The number of rotatable bonds is 5. The number of nitrogens with two attached hydrogens (primary N) is 1. The largest absolute Gasteiger partial charge is 0.378 e. The molecule has 0 radical (unpaired) electrons. The lowest BCUT2D eigenvalue weighted by molar-refractivity contribution is -0.170. The number of amides is 1. The van der Waals surface area contributed by atoms with Crippen LogP contribution in [0.2, 0.25) is 0 Å². The van der Waals surface area contributed by atoms with E-state index in [1.165, 1.54) is 0 Å². The van der Waals surface area contributed by atoms with Crippen LogP contribution in [0.25, 0.3) is 0 Å². The van der Waals surface area contributed by atoms with Crippen LogP contribution in [-0.4, -0.2) is 43.4 Å². The van der Waals surface area contributed by atoms with Crippen LogP contribution >= 0.6 is 0 Å². The van der Waals surface area contributed by atoms with Crippen molar-refractivity contribution in [1.82, 2.24) is 5.32 Å². The fourth-order valence-corrected chi connectivity index (χ4v) is 3.25. The zero-order valence-electron chi connectivity index (χ0n) is 13.1. The van der Waals surface area contributed by atoms with Crippen LogP contribution in [0.4, 0.5) is 0 Å². The molecule has 5 nitrogen and oxygen atoms in total. The second kappa shape index (κ2) is 5.62. The summed E-state index contributed by atoms with van der Waals surface area (Å²) in [6.45, 7) is 10.1. The Hall–Kier alpha value is -0.650. The van der Waals surface area contributed by atoms with E-state index in [4.69, 9.17) is 15.2 Å². The molecule has 116 valence electrons. The molecule has 0 aromatic heterocycles. The SMILES string of the molecule is CCOC1CC(N)(C(=O)NCC2CCOC2C)C1(C)C. The summed E-state index contributed by atoms with van der Waals surface area (Å²) in [6.07, 6.45) is 1.88. The molecule has 0 spiro atoms. The lowest BCUT2D eigenvalue weighted by atomic mass is 9.54. The van der Waals surface area contributed by atoms with Crippen molar-refractivity contribution in [1.29, 1.82) is 0 Å². The van der Waals surface area contributed by atoms with Crippen LogP contribution in [0.5, 0.6) is 0 Å². The molecule has 5 heteroatoms. The van der Waals surface area contributed by atoms with Crippen LogP contribution in [-0.2, 0) is 14.3 Å². The Balaban J connectivity index is 1.89. The van der Waals surface area contributed by atoms with Crippen molar-refractivity contribution in [2.24, 2.45) is 17.1 Å². The lowest BCUT2D eigenvalue weighted by Gasteiger charge is -2.57. The standard InChI is InChI=1S/C15H28N2O3/c1-5-19-12-8-15(16,14(12,3)4)13(18)17-9-11-6-7-20-10(11)2/h10-12H,5-9,16H2,1-4H3,(H,17,18). The van der Waals surface area contributed by atoms with Gasteiger partial charge in [-0.05, 0) is 20.3 Å². The molecule has 2 aliphatic rings. The third kappa shape index (κ3) is 2.47. The third-order valence-electron chi connectivity index (χ3n) is 5.29. The van der Waals surface area contributed by atoms with Gasteiger partial charge in [0.05, 0.1) is 12.2 Å². The van der Waals surface area contributed by atoms with E-state index in [0.29, 0.717) is 25.5 Å². The van der Waals surface area contributed by atoms with Crippen LogP contribution in [0, 0.1) is 11.3 Å².